The second kappa shape index (κ2) is 3.27. The molecule has 0 spiro atoms. The second-order valence-corrected chi connectivity index (χ2v) is 2.25. The summed E-state index contributed by atoms with van der Waals surface area (Å²) in [5, 5.41) is 5.28. The molecule has 1 aromatic rings. The maximum absolute atomic E-state index is 5.28. The average Bonchev–Trinajstić information content (AvgIpc) is 1.91. The Hall–Kier alpha value is -0.803. The minimum atomic E-state index is -0.784. The molecule has 0 atom stereocenters. The van der Waals surface area contributed by atoms with E-state index in [9.17, 15) is 0 Å². The predicted molar refractivity (Wildman–Crippen MR) is 39.8 cm³/mol. The van der Waals surface area contributed by atoms with Gasteiger partial charge in [-0.3, -0.25) is 0 Å². The molecule has 0 saturated heterocycles. The van der Waals surface area contributed by atoms with Crippen LogP contribution in [0.2, 0.25) is 0 Å². The van der Waals surface area contributed by atoms with E-state index in [1.807, 2.05) is 30.3 Å². The molecule has 0 bridgehead atoms. The van der Waals surface area contributed by atoms with Gasteiger partial charge in [0.15, 0.2) is 0 Å². The topological polar surface area (TPSA) is 35.2 Å². The van der Waals surface area contributed by atoms with Crippen LogP contribution in [0.15, 0.2) is 30.3 Å². The van der Waals surface area contributed by atoms with Crippen molar-refractivity contribution in [3.63, 3.8) is 0 Å². The molecule has 9 heavy (non-hydrogen) atoms. The number of benzene rings is 1. The summed E-state index contributed by atoms with van der Waals surface area (Å²) >= 11 is 0. The van der Waals surface area contributed by atoms with Crippen LogP contribution in [0, 0.1) is 0 Å². The maximum Gasteiger partial charge on any atom is 0.294 e. The zero-order valence-electron chi connectivity index (χ0n) is 5.08. The van der Waals surface area contributed by atoms with Crippen molar-refractivity contribution in [2.24, 2.45) is 5.40 Å². The largest absolute Gasteiger partial charge is 0.535 e. The van der Waals surface area contributed by atoms with E-state index in [2.05, 4.69) is 0 Å². The Bertz CT molecular complexity index is 166. The van der Waals surface area contributed by atoms with Crippen LogP contribution < -0.4 is 9.83 Å². The van der Waals surface area contributed by atoms with Crippen LogP contribution in [0.5, 0.6) is 5.75 Å². The lowest BCUT2D eigenvalue weighted by Gasteiger charge is -1.99. The summed E-state index contributed by atoms with van der Waals surface area (Å²) in [7, 11) is -0.784. The smallest absolute Gasteiger partial charge is 0.294 e. The summed E-state index contributed by atoms with van der Waals surface area (Å²) in [6.07, 6.45) is 0. The van der Waals surface area contributed by atoms with Crippen molar-refractivity contribution in [1.82, 2.24) is 0 Å². The average molecular weight is 139 g/mol. The van der Waals surface area contributed by atoms with E-state index in [0.29, 0.717) is 0 Å². The SMILES string of the molecule is N[SiH2]Oc1ccccc1. The molecular formula is C6H9NOSi. The van der Waals surface area contributed by atoms with Gasteiger partial charge in [0.1, 0.15) is 5.75 Å². The van der Waals surface area contributed by atoms with Crippen molar-refractivity contribution in [2.45, 2.75) is 0 Å². The summed E-state index contributed by atoms with van der Waals surface area (Å²) < 4.78 is 5.12. The van der Waals surface area contributed by atoms with Gasteiger partial charge in [0.25, 0.3) is 9.92 Å². The minimum Gasteiger partial charge on any atom is -0.535 e. The Balaban J connectivity index is 2.61. The molecule has 0 heterocycles. The van der Waals surface area contributed by atoms with Crippen molar-refractivity contribution in [1.29, 1.82) is 0 Å². The van der Waals surface area contributed by atoms with E-state index in [-0.39, 0.29) is 0 Å². The lowest BCUT2D eigenvalue weighted by atomic mass is 10.3. The lowest BCUT2D eigenvalue weighted by molar-refractivity contribution is 0.595. The van der Waals surface area contributed by atoms with Gasteiger partial charge in [0.2, 0.25) is 0 Å². The molecule has 1 aromatic carbocycles. The van der Waals surface area contributed by atoms with E-state index in [1.165, 1.54) is 0 Å². The third kappa shape index (κ3) is 1.87. The Morgan fingerprint density at radius 3 is 2.44 bits per heavy atom. The minimum absolute atomic E-state index is 0.784. The van der Waals surface area contributed by atoms with Gasteiger partial charge in [-0.15, -0.1) is 0 Å². The third-order valence-electron chi connectivity index (χ3n) is 0.993. The number of nitrogens with two attached hydrogens (primary N) is 1. The summed E-state index contributed by atoms with van der Waals surface area (Å²) in [5.41, 5.74) is 0. The molecule has 48 valence electrons. The summed E-state index contributed by atoms with van der Waals surface area (Å²) in [6, 6.07) is 9.61. The highest BCUT2D eigenvalue weighted by atomic mass is 28.2. The maximum atomic E-state index is 5.28. The van der Waals surface area contributed by atoms with E-state index in [0.717, 1.165) is 5.75 Å². The highest BCUT2D eigenvalue weighted by Crippen LogP contribution is 2.05. The molecule has 0 aromatic heterocycles. The van der Waals surface area contributed by atoms with Gasteiger partial charge in [0.05, 0.1) is 0 Å². The molecule has 0 saturated carbocycles. The van der Waals surface area contributed by atoms with Crippen LogP contribution in [-0.4, -0.2) is 9.92 Å². The van der Waals surface area contributed by atoms with Gasteiger partial charge >= 0.3 is 0 Å². The first-order chi connectivity index (χ1) is 4.43. The normalized spacial score (nSPS) is 10.3. The van der Waals surface area contributed by atoms with Crippen LogP contribution >= 0.6 is 0 Å². The van der Waals surface area contributed by atoms with Crippen LogP contribution in [0.4, 0.5) is 0 Å². The quantitative estimate of drug-likeness (QED) is 0.586. The van der Waals surface area contributed by atoms with E-state index < -0.39 is 9.92 Å². The van der Waals surface area contributed by atoms with Gasteiger partial charge in [-0.05, 0) is 12.1 Å². The first-order valence-electron chi connectivity index (χ1n) is 2.81. The monoisotopic (exact) mass is 139 g/mol. The fraction of sp³-hybridized carbons (Fsp3) is 0. The number of hydrogen-bond donors (Lipinski definition) is 1. The number of hydrogen-bond acceptors (Lipinski definition) is 2. The Kier molecular flexibility index (Phi) is 2.29. The highest BCUT2D eigenvalue weighted by molar-refractivity contribution is 6.23. The van der Waals surface area contributed by atoms with Crippen molar-refractivity contribution < 1.29 is 4.43 Å². The first kappa shape index (κ1) is 6.32. The molecule has 0 fully saturated rings. The number of rotatable bonds is 2. The molecule has 3 heteroatoms. The first-order valence-corrected chi connectivity index (χ1v) is 4.21. The molecule has 0 radical (unpaired) electrons. The Morgan fingerprint density at radius 2 is 1.89 bits per heavy atom. The van der Waals surface area contributed by atoms with E-state index >= 15 is 0 Å². The van der Waals surface area contributed by atoms with Crippen LogP contribution in [0.1, 0.15) is 0 Å². The molecule has 1 rings (SSSR count). The molecule has 2 nitrogen and oxygen atoms in total. The second-order valence-electron chi connectivity index (χ2n) is 1.62. The van der Waals surface area contributed by atoms with E-state index in [1.54, 1.807) is 0 Å². The van der Waals surface area contributed by atoms with Gasteiger partial charge in [-0.1, -0.05) is 18.2 Å². The molecule has 0 unspecified atom stereocenters. The molecule has 2 N–H and O–H groups in total. The fourth-order valence-electron chi connectivity index (χ4n) is 0.613. The Morgan fingerprint density at radius 1 is 1.22 bits per heavy atom. The predicted octanol–water partition coefficient (Wildman–Crippen LogP) is 0.0229. The van der Waals surface area contributed by atoms with Crippen molar-refractivity contribution in [2.75, 3.05) is 0 Å². The van der Waals surface area contributed by atoms with Gasteiger partial charge in [-0.25, -0.2) is 0 Å². The van der Waals surface area contributed by atoms with Crippen LogP contribution in [-0.2, 0) is 0 Å². The van der Waals surface area contributed by atoms with E-state index in [4.69, 9.17) is 9.83 Å². The third-order valence-corrected chi connectivity index (χ3v) is 1.49. The molecule has 0 aliphatic rings. The van der Waals surface area contributed by atoms with Crippen molar-refractivity contribution in [3.05, 3.63) is 30.3 Å². The molecular weight excluding hydrogens is 130 g/mol. The highest BCUT2D eigenvalue weighted by Gasteiger charge is 1.84. The fourth-order valence-corrected chi connectivity index (χ4v) is 0.998. The van der Waals surface area contributed by atoms with Gasteiger partial charge < -0.3 is 9.83 Å². The lowest BCUT2D eigenvalue weighted by Crippen LogP contribution is -2.12. The number of para-hydroxylation sites is 1. The van der Waals surface area contributed by atoms with Gasteiger partial charge in [-0.2, -0.15) is 0 Å². The van der Waals surface area contributed by atoms with Crippen LogP contribution in [0.3, 0.4) is 0 Å². The van der Waals surface area contributed by atoms with Crippen molar-refractivity contribution in [3.8, 4) is 5.75 Å². The molecule has 0 aliphatic carbocycles. The zero-order valence-corrected chi connectivity index (χ0v) is 6.49. The standard InChI is InChI=1S/C6H9NOSi/c7-9-8-6-4-2-1-3-5-6/h1-5H,7,9H2. The Labute approximate surface area is 56.7 Å². The molecule has 0 amide bonds. The summed E-state index contributed by atoms with van der Waals surface area (Å²) in [4.78, 5) is 0. The summed E-state index contributed by atoms with van der Waals surface area (Å²) in [6.45, 7) is 0. The van der Waals surface area contributed by atoms with Crippen molar-refractivity contribution >= 4 is 9.92 Å². The molecule has 0 aliphatic heterocycles. The zero-order chi connectivity index (χ0) is 6.53. The summed E-state index contributed by atoms with van der Waals surface area (Å²) in [5.74, 6) is 0.881. The van der Waals surface area contributed by atoms with Crippen LogP contribution in [0.25, 0.3) is 0 Å². The van der Waals surface area contributed by atoms with Gasteiger partial charge in [0, 0.05) is 0 Å².